The van der Waals surface area contributed by atoms with Crippen molar-refractivity contribution in [2.75, 3.05) is 7.05 Å². The fraction of sp³-hybridized carbons (Fsp3) is 0.267. The van der Waals surface area contributed by atoms with Crippen LogP contribution in [0.25, 0.3) is 0 Å². The van der Waals surface area contributed by atoms with Gasteiger partial charge in [0.05, 0.1) is 4.90 Å². The fourth-order valence-corrected chi connectivity index (χ4v) is 3.49. The van der Waals surface area contributed by atoms with Crippen LogP contribution in [0.5, 0.6) is 0 Å². The highest BCUT2D eigenvalue weighted by Crippen LogP contribution is 2.21. The molecule has 0 radical (unpaired) electrons. The van der Waals surface area contributed by atoms with Crippen molar-refractivity contribution >= 4 is 10.0 Å². The third-order valence-corrected chi connectivity index (χ3v) is 5.25. The molecule has 2 N–H and O–H groups in total. The first kappa shape index (κ1) is 15.6. The Balaban J connectivity index is 2.29. The summed E-state index contributed by atoms with van der Waals surface area (Å²) in [5, 5.41) is 0. The predicted octanol–water partition coefficient (Wildman–Crippen LogP) is 1.67. The zero-order valence-corrected chi connectivity index (χ0v) is 13.0. The Labute approximate surface area is 125 Å². The third kappa shape index (κ3) is 3.47. The topological polar surface area (TPSA) is 76.3 Å². The molecule has 0 aliphatic carbocycles. The first-order valence-electron chi connectivity index (χ1n) is 6.60. The van der Waals surface area contributed by atoms with Gasteiger partial charge in [0.25, 0.3) is 0 Å². The Morgan fingerprint density at radius 1 is 1.24 bits per heavy atom. The average Bonchev–Trinajstić information content (AvgIpc) is 2.47. The molecule has 0 aliphatic rings. The van der Waals surface area contributed by atoms with Crippen molar-refractivity contribution in [3.05, 3.63) is 59.4 Å². The number of pyridine rings is 1. The SMILES string of the molecule is Cc1cc(CN)ccc1S(=O)(=O)N(C)Cc1cccnc1. The van der Waals surface area contributed by atoms with E-state index in [1.54, 1.807) is 44.6 Å². The summed E-state index contributed by atoms with van der Waals surface area (Å²) < 4.78 is 26.6. The summed E-state index contributed by atoms with van der Waals surface area (Å²) in [4.78, 5) is 4.31. The minimum absolute atomic E-state index is 0.286. The van der Waals surface area contributed by atoms with Gasteiger partial charge >= 0.3 is 0 Å². The minimum atomic E-state index is -3.53. The molecule has 0 saturated carbocycles. The number of hydrogen-bond donors (Lipinski definition) is 1. The Kier molecular flexibility index (Phi) is 4.72. The van der Waals surface area contributed by atoms with Gasteiger partial charge in [-0.2, -0.15) is 4.31 Å². The van der Waals surface area contributed by atoms with Crippen molar-refractivity contribution in [2.24, 2.45) is 5.73 Å². The van der Waals surface area contributed by atoms with Crippen LogP contribution in [0.3, 0.4) is 0 Å². The van der Waals surface area contributed by atoms with Crippen molar-refractivity contribution in [3.8, 4) is 0 Å². The van der Waals surface area contributed by atoms with E-state index in [2.05, 4.69) is 4.98 Å². The number of benzene rings is 1. The number of rotatable bonds is 5. The van der Waals surface area contributed by atoms with E-state index in [-0.39, 0.29) is 6.54 Å². The van der Waals surface area contributed by atoms with E-state index in [4.69, 9.17) is 5.73 Å². The maximum atomic E-state index is 12.6. The molecule has 2 aromatic rings. The molecule has 1 aromatic carbocycles. The molecule has 0 spiro atoms. The van der Waals surface area contributed by atoms with Gasteiger partial charge in [0.15, 0.2) is 0 Å². The maximum Gasteiger partial charge on any atom is 0.243 e. The zero-order chi connectivity index (χ0) is 15.5. The van der Waals surface area contributed by atoms with Gasteiger partial charge in [0.2, 0.25) is 10.0 Å². The fourth-order valence-electron chi connectivity index (χ4n) is 2.13. The van der Waals surface area contributed by atoms with E-state index in [9.17, 15) is 8.42 Å². The molecule has 0 amide bonds. The molecule has 0 bridgehead atoms. The molecule has 5 nitrogen and oxygen atoms in total. The summed E-state index contributed by atoms with van der Waals surface area (Å²) in [6, 6.07) is 8.82. The van der Waals surface area contributed by atoms with Crippen LogP contribution in [-0.4, -0.2) is 24.8 Å². The molecule has 112 valence electrons. The summed E-state index contributed by atoms with van der Waals surface area (Å²) >= 11 is 0. The van der Waals surface area contributed by atoms with Crippen LogP contribution in [0.15, 0.2) is 47.6 Å². The molecule has 1 heterocycles. The summed E-state index contributed by atoms with van der Waals surface area (Å²) in [6.45, 7) is 2.46. The smallest absolute Gasteiger partial charge is 0.243 e. The molecule has 0 aliphatic heterocycles. The van der Waals surface area contributed by atoms with Crippen LogP contribution in [0.1, 0.15) is 16.7 Å². The van der Waals surface area contributed by atoms with Crippen LogP contribution < -0.4 is 5.73 Å². The molecule has 0 saturated heterocycles. The average molecular weight is 305 g/mol. The van der Waals surface area contributed by atoms with Gasteiger partial charge in [0, 0.05) is 32.5 Å². The second-order valence-electron chi connectivity index (χ2n) is 4.93. The molecule has 0 unspecified atom stereocenters. The van der Waals surface area contributed by atoms with Gasteiger partial charge in [0.1, 0.15) is 0 Å². The maximum absolute atomic E-state index is 12.6. The Hall–Kier alpha value is -1.76. The highest BCUT2D eigenvalue weighted by molar-refractivity contribution is 7.89. The lowest BCUT2D eigenvalue weighted by atomic mass is 10.1. The normalized spacial score (nSPS) is 11.8. The predicted molar refractivity (Wildman–Crippen MR) is 82.0 cm³/mol. The molecule has 21 heavy (non-hydrogen) atoms. The van der Waals surface area contributed by atoms with E-state index in [0.717, 1.165) is 11.1 Å². The minimum Gasteiger partial charge on any atom is -0.326 e. The highest BCUT2D eigenvalue weighted by Gasteiger charge is 2.22. The van der Waals surface area contributed by atoms with E-state index >= 15 is 0 Å². The molecule has 1 aromatic heterocycles. The number of hydrogen-bond acceptors (Lipinski definition) is 4. The molecule has 6 heteroatoms. The summed E-state index contributed by atoms with van der Waals surface area (Å²) in [5.41, 5.74) is 8.04. The molecular formula is C15H19N3O2S. The van der Waals surface area contributed by atoms with Gasteiger partial charge < -0.3 is 5.73 Å². The van der Waals surface area contributed by atoms with E-state index in [1.165, 1.54) is 4.31 Å². The van der Waals surface area contributed by atoms with E-state index < -0.39 is 10.0 Å². The van der Waals surface area contributed by atoms with Crippen molar-refractivity contribution in [1.29, 1.82) is 0 Å². The van der Waals surface area contributed by atoms with Crippen molar-refractivity contribution in [1.82, 2.24) is 9.29 Å². The number of aromatic nitrogens is 1. The lowest BCUT2D eigenvalue weighted by Gasteiger charge is -2.18. The van der Waals surface area contributed by atoms with E-state index in [1.807, 2.05) is 12.1 Å². The van der Waals surface area contributed by atoms with Crippen molar-refractivity contribution in [3.63, 3.8) is 0 Å². The summed E-state index contributed by atoms with van der Waals surface area (Å²) in [6.07, 6.45) is 3.32. The van der Waals surface area contributed by atoms with Gasteiger partial charge in [-0.3, -0.25) is 4.98 Å². The monoisotopic (exact) mass is 305 g/mol. The highest BCUT2D eigenvalue weighted by atomic mass is 32.2. The molecule has 0 atom stereocenters. The van der Waals surface area contributed by atoms with Crippen molar-refractivity contribution < 1.29 is 8.42 Å². The van der Waals surface area contributed by atoms with Crippen LogP contribution in [0.2, 0.25) is 0 Å². The second kappa shape index (κ2) is 6.34. The van der Waals surface area contributed by atoms with E-state index in [0.29, 0.717) is 17.0 Å². The molecular weight excluding hydrogens is 286 g/mol. The zero-order valence-electron chi connectivity index (χ0n) is 12.2. The Morgan fingerprint density at radius 3 is 2.57 bits per heavy atom. The number of nitrogens with zero attached hydrogens (tertiary/aromatic N) is 2. The van der Waals surface area contributed by atoms with Crippen LogP contribution in [0, 0.1) is 6.92 Å². The first-order valence-corrected chi connectivity index (χ1v) is 8.04. The number of nitrogens with two attached hydrogens (primary N) is 1. The lowest BCUT2D eigenvalue weighted by Crippen LogP contribution is -2.27. The number of aryl methyl sites for hydroxylation is 1. The van der Waals surface area contributed by atoms with Gasteiger partial charge in [-0.05, 0) is 35.7 Å². The Morgan fingerprint density at radius 2 is 2.00 bits per heavy atom. The Bertz CT molecular complexity index is 715. The van der Waals surface area contributed by atoms with Crippen LogP contribution in [-0.2, 0) is 23.1 Å². The summed E-state index contributed by atoms with van der Waals surface area (Å²) in [7, 11) is -1.96. The molecule has 0 fully saturated rings. The third-order valence-electron chi connectivity index (χ3n) is 3.29. The quantitative estimate of drug-likeness (QED) is 0.911. The van der Waals surface area contributed by atoms with Gasteiger partial charge in [-0.1, -0.05) is 18.2 Å². The lowest BCUT2D eigenvalue weighted by molar-refractivity contribution is 0.466. The standard InChI is InChI=1S/C15H19N3O2S/c1-12-8-13(9-16)5-6-15(12)21(19,20)18(2)11-14-4-3-7-17-10-14/h3-8,10H,9,11,16H2,1-2H3. The van der Waals surface area contributed by atoms with Gasteiger partial charge in [-0.15, -0.1) is 0 Å². The van der Waals surface area contributed by atoms with Crippen LogP contribution >= 0.6 is 0 Å². The molecule has 2 rings (SSSR count). The van der Waals surface area contributed by atoms with Crippen molar-refractivity contribution in [2.45, 2.75) is 24.9 Å². The van der Waals surface area contributed by atoms with Crippen LogP contribution in [0.4, 0.5) is 0 Å². The van der Waals surface area contributed by atoms with Gasteiger partial charge in [-0.25, -0.2) is 8.42 Å². The second-order valence-corrected chi connectivity index (χ2v) is 6.94. The number of sulfonamides is 1. The summed E-state index contributed by atoms with van der Waals surface area (Å²) in [5.74, 6) is 0. The first-order chi connectivity index (χ1) is 9.95. The largest absolute Gasteiger partial charge is 0.326 e.